The van der Waals surface area contributed by atoms with Crippen LogP contribution in [0.25, 0.3) is 0 Å². The summed E-state index contributed by atoms with van der Waals surface area (Å²) in [5, 5.41) is 0. The van der Waals surface area contributed by atoms with E-state index in [1.165, 1.54) is 13.2 Å². The van der Waals surface area contributed by atoms with Gasteiger partial charge in [-0.15, -0.1) is 0 Å². The Morgan fingerprint density at radius 1 is 1.25 bits per heavy atom. The Bertz CT molecular complexity index is 440. The first-order valence-electron chi connectivity index (χ1n) is 4.48. The topological polar surface area (TPSA) is 52.6 Å². The van der Waals surface area contributed by atoms with Crippen LogP contribution >= 0.6 is 0 Å². The van der Waals surface area contributed by atoms with Crippen molar-refractivity contribution in [1.29, 1.82) is 0 Å². The average Bonchev–Trinajstić information content (AvgIpc) is 2.26. The minimum atomic E-state index is -1.12. The minimum absolute atomic E-state index is 0.0212. The molecule has 1 aromatic carbocycles. The minimum Gasteiger partial charge on any atom is -0.496 e. The highest BCUT2D eigenvalue weighted by Gasteiger charge is 2.25. The molecule has 16 heavy (non-hydrogen) atoms. The smallest absolute Gasteiger partial charge is 0.379 e. The van der Waals surface area contributed by atoms with Gasteiger partial charge in [0.25, 0.3) is 5.78 Å². The van der Waals surface area contributed by atoms with Gasteiger partial charge in [0, 0.05) is 0 Å². The van der Waals surface area contributed by atoms with Crippen molar-refractivity contribution in [2.45, 2.75) is 6.92 Å². The molecule has 4 nitrogen and oxygen atoms in total. The Kier molecular flexibility index (Phi) is 3.60. The van der Waals surface area contributed by atoms with E-state index in [9.17, 15) is 14.0 Å². The largest absolute Gasteiger partial charge is 0.496 e. The molecule has 0 aliphatic carbocycles. The predicted molar refractivity (Wildman–Crippen MR) is 54.0 cm³/mol. The summed E-state index contributed by atoms with van der Waals surface area (Å²) in [6.45, 7) is 1.65. The Labute approximate surface area is 92.0 Å². The number of hydrogen-bond acceptors (Lipinski definition) is 4. The summed E-state index contributed by atoms with van der Waals surface area (Å²) < 4.78 is 22.6. The van der Waals surface area contributed by atoms with Crippen LogP contribution in [0, 0.1) is 12.7 Å². The monoisotopic (exact) mass is 226 g/mol. The first-order chi connectivity index (χ1) is 7.51. The van der Waals surface area contributed by atoms with Gasteiger partial charge < -0.3 is 9.47 Å². The number of Topliss-reactive ketones (excluding diaryl/α,β-unsaturated/α-hetero) is 1. The third-order valence-corrected chi connectivity index (χ3v) is 2.02. The van der Waals surface area contributed by atoms with Gasteiger partial charge in [0.05, 0.1) is 14.2 Å². The Morgan fingerprint density at radius 3 is 2.38 bits per heavy atom. The number of esters is 1. The number of benzene rings is 1. The number of hydrogen-bond donors (Lipinski definition) is 0. The van der Waals surface area contributed by atoms with Crippen molar-refractivity contribution in [2.24, 2.45) is 0 Å². The molecule has 0 fully saturated rings. The third-order valence-electron chi connectivity index (χ3n) is 2.02. The Balaban J connectivity index is 3.32. The van der Waals surface area contributed by atoms with E-state index in [4.69, 9.17) is 4.74 Å². The molecule has 0 aromatic heterocycles. The van der Waals surface area contributed by atoms with Crippen LogP contribution in [0.5, 0.6) is 5.75 Å². The van der Waals surface area contributed by atoms with Crippen LogP contribution in [0.1, 0.15) is 15.9 Å². The van der Waals surface area contributed by atoms with Crippen molar-refractivity contribution in [2.75, 3.05) is 14.2 Å². The van der Waals surface area contributed by atoms with Crippen LogP contribution in [-0.4, -0.2) is 26.0 Å². The van der Waals surface area contributed by atoms with Crippen molar-refractivity contribution in [1.82, 2.24) is 0 Å². The van der Waals surface area contributed by atoms with Gasteiger partial charge in [-0.2, -0.15) is 0 Å². The molecule has 0 saturated carbocycles. The maximum absolute atomic E-state index is 13.5. The molecule has 0 bridgehead atoms. The molecule has 1 aromatic rings. The second kappa shape index (κ2) is 4.74. The lowest BCUT2D eigenvalue weighted by Crippen LogP contribution is -2.18. The number of aryl methyl sites for hydroxylation is 1. The van der Waals surface area contributed by atoms with E-state index < -0.39 is 23.1 Å². The third kappa shape index (κ3) is 2.18. The van der Waals surface area contributed by atoms with Gasteiger partial charge in [-0.3, -0.25) is 4.79 Å². The fourth-order valence-corrected chi connectivity index (χ4v) is 1.29. The van der Waals surface area contributed by atoms with Gasteiger partial charge in [0.15, 0.2) is 0 Å². The molecule has 5 heteroatoms. The number of carbonyl (C=O) groups excluding carboxylic acids is 2. The van der Waals surface area contributed by atoms with Crippen LogP contribution in [0.2, 0.25) is 0 Å². The number of carbonyl (C=O) groups is 2. The fourth-order valence-electron chi connectivity index (χ4n) is 1.29. The first-order valence-corrected chi connectivity index (χ1v) is 4.48. The molecule has 1 rings (SSSR count). The van der Waals surface area contributed by atoms with Crippen LogP contribution in [-0.2, 0) is 9.53 Å². The number of ketones is 1. The SMILES string of the molecule is COC(=O)C(=O)c1c(F)cc(C)cc1OC. The van der Waals surface area contributed by atoms with Gasteiger partial charge in [0.2, 0.25) is 0 Å². The maximum atomic E-state index is 13.5. The number of methoxy groups -OCH3 is 2. The maximum Gasteiger partial charge on any atom is 0.379 e. The highest BCUT2D eigenvalue weighted by atomic mass is 19.1. The fraction of sp³-hybridized carbons (Fsp3) is 0.273. The quantitative estimate of drug-likeness (QED) is 0.445. The highest BCUT2D eigenvalue weighted by molar-refractivity contribution is 6.41. The summed E-state index contributed by atoms with van der Waals surface area (Å²) in [4.78, 5) is 22.5. The molecule has 86 valence electrons. The second-order valence-corrected chi connectivity index (χ2v) is 3.14. The Morgan fingerprint density at radius 2 is 1.88 bits per heavy atom. The molecule has 0 aliphatic rings. The molecule has 0 unspecified atom stereocenters. The standard InChI is InChI=1S/C11H11FO4/c1-6-4-7(12)9(8(5-6)15-2)10(13)11(14)16-3/h4-5H,1-3H3. The lowest BCUT2D eigenvalue weighted by molar-refractivity contribution is -0.135. The molecule has 0 aliphatic heterocycles. The van der Waals surface area contributed by atoms with Gasteiger partial charge in [-0.25, -0.2) is 9.18 Å². The van der Waals surface area contributed by atoms with E-state index in [1.807, 2.05) is 0 Å². The molecular formula is C11H11FO4. The molecule has 0 atom stereocenters. The van der Waals surface area contributed by atoms with Crippen LogP contribution in [0.15, 0.2) is 12.1 Å². The highest BCUT2D eigenvalue weighted by Crippen LogP contribution is 2.24. The summed E-state index contributed by atoms with van der Waals surface area (Å²) in [6.07, 6.45) is 0. The van der Waals surface area contributed by atoms with E-state index in [-0.39, 0.29) is 5.75 Å². The lowest BCUT2D eigenvalue weighted by atomic mass is 10.1. The number of ether oxygens (including phenoxy) is 2. The molecule has 0 amide bonds. The van der Waals surface area contributed by atoms with E-state index in [0.29, 0.717) is 5.56 Å². The van der Waals surface area contributed by atoms with Crippen molar-refractivity contribution < 1.29 is 23.5 Å². The summed E-state index contributed by atoms with van der Waals surface area (Å²) in [5.74, 6) is -2.96. The van der Waals surface area contributed by atoms with E-state index in [2.05, 4.69) is 4.74 Å². The van der Waals surface area contributed by atoms with Crippen molar-refractivity contribution in [3.8, 4) is 5.75 Å². The second-order valence-electron chi connectivity index (χ2n) is 3.14. The first kappa shape index (κ1) is 12.2. The van der Waals surface area contributed by atoms with E-state index in [0.717, 1.165) is 13.2 Å². The van der Waals surface area contributed by atoms with Crippen molar-refractivity contribution in [3.63, 3.8) is 0 Å². The Hall–Kier alpha value is -1.91. The number of halogens is 1. The van der Waals surface area contributed by atoms with Crippen LogP contribution < -0.4 is 4.74 Å². The summed E-state index contributed by atoms with van der Waals surface area (Å²) in [5.41, 5.74) is 0.190. The lowest BCUT2D eigenvalue weighted by Gasteiger charge is -2.08. The zero-order valence-corrected chi connectivity index (χ0v) is 9.17. The molecule has 0 heterocycles. The van der Waals surface area contributed by atoms with Gasteiger partial charge in [-0.05, 0) is 24.6 Å². The van der Waals surface area contributed by atoms with Gasteiger partial charge in [0.1, 0.15) is 17.1 Å². The average molecular weight is 226 g/mol. The van der Waals surface area contributed by atoms with Crippen molar-refractivity contribution >= 4 is 11.8 Å². The molecule has 0 spiro atoms. The van der Waals surface area contributed by atoms with Crippen LogP contribution in [0.3, 0.4) is 0 Å². The van der Waals surface area contributed by atoms with Crippen molar-refractivity contribution in [3.05, 3.63) is 29.1 Å². The molecule has 0 N–H and O–H groups in total. The summed E-state index contributed by atoms with van der Waals surface area (Å²) in [6, 6.07) is 2.62. The summed E-state index contributed by atoms with van der Waals surface area (Å²) in [7, 11) is 2.35. The van der Waals surface area contributed by atoms with Gasteiger partial charge >= 0.3 is 5.97 Å². The number of rotatable bonds is 3. The molecule has 0 radical (unpaired) electrons. The molecular weight excluding hydrogens is 215 g/mol. The van der Waals surface area contributed by atoms with E-state index in [1.54, 1.807) is 6.92 Å². The van der Waals surface area contributed by atoms with Gasteiger partial charge in [-0.1, -0.05) is 0 Å². The zero-order valence-electron chi connectivity index (χ0n) is 9.17. The van der Waals surface area contributed by atoms with E-state index >= 15 is 0 Å². The predicted octanol–water partition coefficient (Wildman–Crippen LogP) is 1.50. The normalized spacial score (nSPS) is 9.75. The molecule has 0 saturated heterocycles. The zero-order chi connectivity index (χ0) is 12.3. The summed E-state index contributed by atoms with van der Waals surface area (Å²) >= 11 is 0. The van der Waals surface area contributed by atoms with Crippen LogP contribution in [0.4, 0.5) is 4.39 Å².